The lowest BCUT2D eigenvalue weighted by Crippen LogP contribution is -2.31. The lowest BCUT2D eigenvalue weighted by atomic mass is 10.1. The van der Waals surface area contributed by atoms with Crippen molar-refractivity contribution in [3.8, 4) is 0 Å². The molecule has 1 saturated carbocycles. The second kappa shape index (κ2) is 8.21. The molecule has 0 radical (unpaired) electrons. The van der Waals surface area contributed by atoms with Crippen molar-refractivity contribution in [2.75, 3.05) is 32.2 Å². The molecule has 0 aromatic carbocycles. The van der Waals surface area contributed by atoms with Crippen LogP contribution in [0.1, 0.15) is 44.4 Å². The zero-order valence-corrected chi connectivity index (χ0v) is 12.6. The van der Waals surface area contributed by atoms with Crippen molar-refractivity contribution in [3.63, 3.8) is 0 Å². The average Bonchev–Trinajstić information content (AvgIpc) is 2.76. The van der Waals surface area contributed by atoms with Crippen molar-refractivity contribution >= 4 is 6.01 Å². The lowest BCUT2D eigenvalue weighted by Gasteiger charge is -2.24. The number of nitrogens with zero attached hydrogens (tertiary/aromatic N) is 3. The predicted octanol–water partition coefficient (Wildman–Crippen LogP) is 1.96. The van der Waals surface area contributed by atoms with Gasteiger partial charge in [0, 0.05) is 26.7 Å². The molecule has 0 amide bonds. The molecule has 6 nitrogen and oxygen atoms in total. The second-order valence-electron chi connectivity index (χ2n) is 5.40. The first-order chi connectivity index (χ1) is 9.81. The number of aromatic nitrogens is 2. The van der Waals surface area contributed by atoms with E-state index in [1.165, 1.54) is 38.5 Å². The van der Waals surface area contributed by atoms with Gasteiger partial charge in [-0.25, -0.2) is 0 Å². The molecule has 114 valence electrons. The van der Waals surface area contributed by atoms with E-state index in [9.17, 15) is 0 Å². The Morgan fingerprint density at radius 3 is 2.70 bits per heavy atom. The summed E-state index contributed by atoms with van der Waals surface area (Å²) < 4.78 is 10.7. The van der Waals surface area contributed by atoms with Gasteiger partial charge in [-0.2, -0.15) is 0 Å². The van der Waals surface area contributed by atoms with Crippen LogP contribution >= 0.6 is 0 Å². The van der Waals surface area contributed by atoms with Crippen LogP contribution in [0.15, 0.2) is 4.42 Å². The Labute approximate surface area is 120 Å². The molecule has 0 unspecified atom stereocenters. The third-order valence-corrected chi connectivity index (χ3v) is 3.89. The third-order valence-electron chi connectivity index (χ3n) is 3.89. The summed E-state index contributed by atoms with van der Waals surface area (Å²) in [5.41, 5.74) is 0. The fourth-order valence-electron chi connectivity index (χ4n) is 2.63. The van der Waals surface area contributed by atoms with Gasteiger partial charge in [-0.1, -0.05) is 30.8 Å². The molecule has 2 rings (SSSR count). The highest BCUT2D eigenvalue weighted by Crippen LogP contribution is 2.24. The summed E-state index contributed by atoms with van der Waals surface area (Å²) in [7, 11) is 3.75. The van der Waals surface area contributed by atoms with Gasteiger partial charge in [0.05, 0.1) is 13.2 Å². The van der Waals surface area contributed by atoms with E-state index in [0.717, 1.165) is 6.54 Å². The molecular formula is C14H26N4O2. The van der Waals surface area contributed by atoms with Crippen molar-refractivity contribution in [1.29, 1.82) is 0 Å². The van der Waals surface area contributed by atoms with E-state index in [-0.39, 0.29) is 0 Å². The van der Waals surface area contributed by atoms with Crippen molar-refractivity contribution in [1.82, 2.24) is 15.5 Å². The van der Waals surface area contributed by atoms with Crippen molar-refractivity contribution in [2.24, 2.45) is 0 Å². The van der Waals surface area contributed by atoms with Crippen LogP contribution in [-0.2, 0) is 11.3 Å². The molecule has 0 atom stereocenters. The van der Waals surface area contributed by atoms with Gasteiger partial charge in [0.1, 0.15) is 0 Å². The molecule has 0 spiro atoms. The Bertz CT molecular complexity index is 375. The topological polar surface area (TPSA) is 63.4 Å². The number of ether oxygens (including phenoxy) is 1. The van der Waals surface area contributed by atoms with Crippen LogP contribution in [0.3, 0.4) is 0 Å². The monoisotopic (exact) mass is 282 g/mol. The largest absolute Gasteiger partial charge is 0.407 e. The van der Waals surface area contributed by atoms with Crippen LogP contribution in [0.4, 0.5) is 6.01 Å². The Kier molecular flexibility index (Phi) is 6.26. The van der Waals surface area contributed by atoms with E-state index in [1.807, 2.05) is 0 Å². The molecule has 6 heteroatoms. The van der Waals surface area contributed by atoms with Gasteiger partial charge in [-0.05, 0) is 12.8 Å². The third kappa shape index (κ3) is 4.45. The van der Waals surface area contributed by atoms with E-state index < -0.39 is 0 Å². The Balaban J connectivity index is 1.83. The van der Waals surface area contributed by atoms with Gasteiger partial charge in [0.25, 0.3) is 0 Å². The normalized spacial score (nSPS) is 17.1. The van der Waals surface area contributed by atoms with E-state index in [1.54, 1.807) is 7.11 Å². The summed E-state index contributed by atoms with van der Waals surface area (Å²) in [6, 6.07) is 1.17. The Morgan fingerprint density at radius 1 is 1.25 bits per heavy atom. The summed E-state index contributed by atoms with van der Waals surface area (Å²) in [6.45, 7) is 2.06. The molecule has 1 aromatic heterocycles. The van der Waals surface area contributed by atoms with E-state index in [0.29, 0.717) is 31.1 Å². The summed E-state index contributed by atoms with van der Waals surface area (Å²) in [6.07, 6.45) is 7.75. The number of nitrogens with one attached hydrogen (secondary N) is 1. The molecule has 1 N–H and O–H groups in total. The minimum atomic E-state index is 0.534. The smallest absolute Gasteiger partial charge is 0.318 e. The first-order valence-electron chi connectivity index (χ1n) is 7.56. The SMILES string of the molecule is COCCNCc1nnc(N(C)C2CCCCCC2)o1. The quantitative estimate of drug-likeness (QED) is 0.609. The maximum absolute atomic E-state index is 5.72. The van der Waals surface area contributed by atoms with Crippen LogP contribution in [0.5, 0.6) is 0 Å². The van der Waals surface area contributed by atoms with Crippen LogP contribution in [0, 0.1) is 0 Å². The van der Waals surface area contributed by atoms with Crippen LogP contribution in [-0.4, -0.2) is 43.5 Å². The van der Waals surface area contributed by atoms with Gasteiger partial charge in [0.15, 0.2) is 0 Å². The number of hydrogen-bond donors (Lipinski definition) is 1. The van der Waals surface area contributed by atoms with Gasteiger partial charge in [0.2, 0.25) is 5.89 Å². The van der Waals surface area contributed by atoms with Crippen molar-refractivity contribution < 1.29 is 9.15 Å². The molecule has 1 fully saturated rings. The van der Waals surface area contributed by atoms with E-state index in [2.05, 4.69) is 27.5 Å². The van der Waals surface area contributed by atoms with Gasteiger partial charge in [-0.3, -0.25) is 0 Å². The number of rotatable bonds is 7. The minimum Gasteiger partial charge on any atom is -0.407 e. The van der Waals surface area contributed by atoms with Crippen LogP contribution < -0.4 is 10.2 Å². The summed E-state index contributed by atoms with van der Waals surface area (Å²) >= 11 is 0. The first kappa shape index (κ1) is 15.3. The van der Waals surface area contributed by atoms with Gasteiger partial charge >= 0.3 is 6.01 Å². The summed E-state index contributed by atoms with van der Waals surface area (Å²) in [4.78, 5) is 2.15. The highest BCUT2D eigenvalue weighted by atomic mass is 16.5. The van der Waals surface area contributed by atoms with Crippen LogP contribution in [0.2, 0.25) is 0 Å². The maximum Gasteiger partial charge on any atom is 0.318 e. The maximum atomic E-state index is 5.72. The molecule has 1 aliphatic carbocycles. The molecular weight excluding hydrogens is 256 g/mol. The van der Waals surface area contributed by atoms with E-state index >= 15 is 0 Å². The minimum absolute atomic E-state index is 0.534. The predicted molar refractivity (Wildman–Crippen MR) is 77.8 cm³/mol. The van der Waals surface area contributed by atoms with Crippen molar-refractivity contribution in [3.05, 3.63) is 5.89 Å². The zero-order chi connectivity index (χ0) is 14.2. The number of methoxy groups -OCH3 is 1. The standard InChI is InChI=1S/C14H26N4O2/c1-18(12-7-5-3-4-6-8-12)14-17-16-13(20-14)11-15-9-10-19-2/h12,15H,3-11H2,1-2H3. The Morgan fingerprint density at radius 2 is 2.00 bits per heavy atom. The molecule has 0 bridgehead atoms. The molecule has 1 aliphatic rings. The van der Waals surface area contributed by atoms with Crippen LogP contribution in [0.25, 0.3) is 0 Å². The molecule has 20 heavy (non-hydrogen) atoms. The molecule has 1 heterocycles. The molecule has 1 aromatic rings. The Hall–Kier alpha value is -1.14. The van der Waals surface area contributed by atoms with Crippen molar-refractivity contribution in [2.45, 2.75) is 51.1 Å². The number of hydrogen-bond acceptors (Lipinski definition) is 6. The number of anilines is 1. The molecule has 0 aliphatic heterocycles. The molecule has 0 saturated heterocycles. The fraction of sp³-hybridized carbons (Fsp3) is 0.857. The summed E-state index contributed by atoms with van der Waals surface area (Å²) in [5, 5.41) is 11.5. The second-order valence-corrected chi connectivity index (χ2v) is 5.40. The first-order valence-corrected chi connectivity index (χ1v) is 7.56. The van der Waals surface area contributed by atoms with E-state index in [4.69, 9.17) is 9.15 Å². The summed E-state index contributed by atoms with van der Waals surface area (Å²) in [5.74, 6) is 0.636. The van der Waals surface area contributed by atoms with Gasteiger partial charge < -0.3 is 19.4 Å². The highest BCUT2D eigenvalue weighted by molar-refractivity contribution is 5.24. The lowest BCUT2D eigenvalue weighted by molar-refractivity contribution is 0.198. The fourth-order valence-corrected chi connectivity index (χ4v) is 2.63. The average molecular weight is 282 g/mol. The zero-order valence-electron chi connectivity index (χ0n) is 12.6. The van der Waals surface area contributed by atoms with Gasteiger partial charge in [-0.15, -0.1) is 5.10 Å². The highest BCUT2D eigenvalue weighted by Gasteiger charge is 2.21.